The van der Waals surface area contributed by atoms with E-state index in [2.05, 4.69) is 24.1 Å². The Balaban J connectivity index is 1.94. The summed E-state index contributed by atoms with van der Waals surface area (Å²) in [6.45, 7) is 7.30. The molecule has 0 aromatic rings. The molecule has 1 N–H and O–H groups in total. The van der Waals surface area contributed by atoms with Crippen molar-refractivity contribution >= 4 is 5.91 Å². The Bertz CT molecular complexity index is 229. The molecule has 2 aliphatic rings. The lowest BCUT2D eigenvalue weighted by Crippen LogP contribution is -2.38. The Morgan fingerprint density at radius 3 is 2.64 bits per heavy atom. The fourth-order valence-electron chi connectivity index (χ4n) is 2.57. The van der Waals surface area contributed by atoms with Crippen LogP contribution in [-0.4, -0.2) is 36.5 Å². The molecule has 0 radical (unpaired) electrons. The summed E-state index contributed by atoms with van der Waals surface area (Å²) in [7, 11) is 0. The van der Waals surface area contributed by atoms with Crippen LogP contribution in [0.4, 0.5) is 0 Å². The van der Waals surface area contributed by atoms with E-state index in [0.29, 0.717) is 17.9 Å². The van der Waals surface area contributed by atoms with Crippen molar-refractivity contribution in [3.63, 3.8) is 0 Å². The van der Waals surface area contributed by atoms with E-state index in [1.54, 1.807) is 0 Å². The van der Waals surface area contributed by atoms with Crippen molar-refractivity contribution in [2.75, 3.05) is 19.6 Å². The molecule has 14 heavy (non-hydrogen) atoms. The number of nitrogens with zero attached hydrogens (tertiary/aromatic N) is 1. The fraction of sp³-hybridized carbons (Fsp3) is 0.909. The Morgan fingerprint density at radius 1 is 1.36 bits per heavy atom. The van der Waals surface area contributed by atoms with Crippen molar-refractivity contribution in [1.29, 1.82) is 0 Å². The number of hydrogen-bond donors (Lipinski definition) is 1. The van der Waals surface area contributed by atoms with Gasteiger partial charge in [0.2, 0.25) is 5.91 Å². The largest absolute Gasteiger partial charge is 0.342 e. The molecular weight excluding hydrogens is 176 g/mol. The van der Waals surface area contributed by atoms with Gasteiger partial charge in [-0.15, -0.1) is 0 Å². The second-order valence-corrected chi connectivity index (χ2v) is 4.82. The number of carbonyl (C=O) groups excluding carboxylic acids is 1. The Labute approximate surface area is 85.8 Å². The van der Waals surface area contributed by atoms with E-state index in [1.165, 1.54) is 6.42 Å². The smallest absolute Gasteiger partial charge is 0.227 e. The van der Waals surface area contributed by atoms with Gasteiger partial charge in [0.05, 0.1) is 5.92 Å². The Hall–Kier alpha value is -0.570. The highest BCUT2D eigenvalue weighted by atomic mass is 16.2. The van der Waals surface area contributed by atoms with Gasteiger partial charge in [0.25, 0.3) is 0 Å². The highest BCUT2D eigenvalue weighted by molar-refractivity contribution is 5.80. The van der Waals surface area contributed by atoms with Crippen LogP contribution in [0.2, 0.25) is 0 Å². The quantitative estimate of drug-likeness (QED) is 0.674. The highest BCUT2D eigenvalue weighted by Crippen LogP contribution is 2.22. The van der Waals surface area contributed by atoms with Crippen LogP contribution in [0.15, 0.2) is 0 Å². The number of nitrogens with one attached hydrogen (secondary N) is 1. The molecule has 2 aliphatic heterocycles. The van der Waals surface area contributed by atoms with Crippen molar-refractivity contribution in [2.24, 2.45) is 11.8 Å². The summed E-state index contributed by atoms with van der Waals surface area (Å²) in [4.78, 5) is 14.1. The van der Waals surface area contributed by atoms with Crippen LogP contribution in [0.5, 0.6) is 0 Å². The van der Waals surface area contributed by atoms with Gasteiger partial charge in [-0.25, -0.2) is 0 Å². The molecule has 0 aliphatic carbocycles. The molecule has 3 nitrogen and oxygen atoms in total. The average Bonchev–Trinajstić information content (AvgIpc) is 2.73. The molecule has 3 heteroatoms. The first-order chi connectivity index (χ1) is 6.68. The Morgan fingerprint density at radius 2 is 2.14 bits per heavy atom. The zero-order valence-corrected chi connectivity index (χ0v) is 9.12. The number of amides is 1. The maximum absolute atomic E-state index is 12.1. The van der Waals surface area contributed by atoms with E-state index in [9.17, 15) is 4.79 Å². The van der Waals surface area contributed by atoms with Crippen LogP contribution in [0, 0.1) is 11.8 Å². The van der Waals surface area contributed by atoms with E-state index in [4.69, 9.17) is 0 Å². The molecule has 2 saturated heterocycles. The zero-order valence-electron chi connectivity index (χ0n) is 9.12. The standard InChI is InChI=1S/C11H20N2O/c1-8-4-6-13(7-8)11(14)10-3-5-12-9(10)2/h8-10,12H,3-7H2,1-2H3. The molecule has 2 fully saturated rings. The normalized spacial score (nSPS) is 37.9. The number of likely N-dealkylation sites (tertiary alicyclic amines) is 1. The summed E-state index contributed by atoms with van der Waals surface area (Å²) in [6.07, 6.45) is 2.20. The van der Waals surface area contributed by atoms with Crippen molar-refractivity contribution < 1.29 is 4.79 Å². The first-order valence-corrected chi connectivity index (χ1v) is 5.70. The summed E-state index contributed by atoms with van der Waals surface area (Å²) >= 11 is 0. The fourth-order valence-corrected chi connectivity index (χ4v) is 2.57. The molecule has 0 spiro atoms. The molecule has 3 atom stereocenters. The number of rotatable bonds is 1. The topological polar surface area (TPSA) is 32.3 Å². The van der Waals surface area contributed by atoms with Gasteiger partial charge in [-0.3, -0.25) is 4.79 Å². The molecule has 3 unspecified atom stereocenters. The van der Waals surface area contributed by atoms with Crippen LogP contribution in [0.1, 0.15) is 26.7 Å². The van der Waals surface area contributed by atoms with E-state index in [1.807, 2.05) is 0 Å². The third kappa shape index (κ3) is 1.78. The van der Waals surface area contributed by atoms with Gasteiger partial charge in [0.1, 0.15) is 0 Å². The maximum Gasteiger partial charge on any atom is 0.227 e. The summed E-state index contributed by atoms with van der Waals surface area (Å²) in [5, 5.41) is 3.34. The van der Waals surface area contributed by atoms with Gasteiger partial charge in [-0.05, 0) is 32.2 Å². The van der Waals surface area contributed by atoms with Gasteiger partial charge in [0.15, 0.2) is 0 Å². The second-order valence-electron chi connectivity index (χ2n) is 4.82. The molecule has 2 heterocycles. The van der Waals surface area contributed by atoms with Crippen molar-refractivity contribution in [2.45, 2.75) is 32.7 Å². The number of carbonyl (C=O) groups is 1. The van der Waals surface area contributed by atoms with Crippen LogP contribution in [0.25, 0.3) is 0 Å². The van der Waals surface area contributed by atoms with Gasteiger partial charge in [-0.2, -0.15) is 0 Å². The van der Waals surface area contributed by atoms with Crippen molar-refractivity contribution in [3.8, 4) is 0 Å². The minimum absolute atomic E-state index is 0.236. The summed E-state index contributed by atoms with van der Waals surface area (Å²) in [6, 6.07) is 0.374. The highest BCUT2D eigenvalue weighted by Gasteiger charge is 2.34. The van der Waals surface area contributed by atoms with Gasteiger partial charge >= 0.3 is 0 Å². The first kappa shape index (κ1) is 9.97. The van der Waals surface area contributed by atoms with Crippen molar-refractivity contribution in [1.82, 2.24) is 10.2 Å². The lowest BCUT2D eigenvalue weighted by atomic mass is 10.0. The third-order valence-corrected chi connectivity index (χ3v) is 3.58. The lowest BCUT2D eigenvalue weighted by Gasteiger charge is -2.22. The minimum Gasteiger partial charge on any atom is -0.342 e. The number of hydrogen-bond acceptors (Lipinski definition) is 2. The van der Waals surface area contributed by atoms with Crippen LogP contribution in [0.3, 0.4) is 0 Å². The van der Waals surface area contributed by atoms with Crippen LogP contribution >= 0.6 is 0 Å². The molecule has 80 valence electrons. The average molecular weight is 196 g/mol. The van der Waals surface area contributed by atoms with E-state index in [0.717, 1.165) is 26.1 Å². The SMILES string of the molecule is CC1CCN(C(=O)C2CCNC2C)C1. The molecule has 0 saturated carbocycles. The molecule has 0 aromatic carbocycles. The summed E-state index contributed by atoms with van der Waals surface area (Å²) < 4.78 is 0. The first-order valence-electron chi connectivity index (χ1n) is 5.70. The molecule has 0 aromatic heterocycles. The molecule has 1 amide bonds. The maximum atomic E-state index is 12.1. The van der Waals surface area contributed by atoms with Crippen LogP contribution in [-0.2, 0) is 4.79 Å². The van der Waals surface area contributed by atoms with Gasteiger partial charge in [0, 0.05) is 19.1 Å². The lowest BCUT2D eigenvalue weighted by molar-refractivity contribution is -0.134. The minimum atomic E-state index is 0.236. The predicted molar refractivity (Wildman–Crippen MR) is 55.9 cm³/mol. The third-order valence-electron chi connectivity index (χ3n) is 3.58. The van der Waals surface area contributed by atoms with E-state index >= 15 is 0 Å². The Kier molecular flexibility index (Phi) is 2.77. The van der Waals surface area contributed by atoms with Crippen LogP contribution < -0.4 is 5.32 Å². The molecule has 0 bridgehead atoms. The predicted octanol–water partition coefficient (Wildman–Crippen LogP) is 0.853. The molecule has 2 rings (SSSR count). The second kappa shape index (κ2) is 3.89. The van der Waals surface area contributed by atoms with E-state index < -0.39 is 0 Å². The van der Waals surface area contributed by atoms with Gasteiger partial charge < -0.3 is 10.2 Å². The summed E-state index contributed by atoms with van der Waals surface area (Å²) in [5.41, 5.74) is 0. The summed E-state index contributed by atoms with van der Waals surface area (Å²) in [5.74, 6) is 1.32. The zero-order chi connectivity index (χ0) is 10.1. The molecular formula is C11H20N2O. The van der Waals surface area contributed by atoms with Gasteiger partial charge in [-0.1, -0.05) is 6.92 Å². The monoisotopic (exact) mass is 196 g/mol. The van der Waals surface area contributed by atoms with Crippen molar-refractivity contribution in [3.05, 3.63) is 0 Å². The van der Waals surface area contributed by atoms with E-state index in [-0.39, 0.29) is 5.92 Å².